The Balaban J connectivity index is 1.85. The molecule has 0 saturated carbocycles. The molecule has 1 aliphatic rings. The van der Waals surface area contributed by atoms with Gasteiger partial charge in [0.15, 0.2) is 0 Å². The normalized spacial score (nSPS) is 21.2. The highest BCUT2D eigenvalue weighted by molar-refractivity contribution is 5.79. The molecule has 1 aliphatic heterocycles. The number of carbonyl (C=O) groups is 1. The van der Waals surface area contributed by atoms with Gasteiger partial charge in [0.25, 0.3) is 0 Å². The first-order chi connectivity index (χ1) is 11.6. The Labute approximate surface area is 142 Å². The summed E-state index contributed by atoms with van der Waals surface area (Å²) in [6, 6.07) is 11.9. The predicted octanol–water partition coefficient (Wildman–Crippen LogP) is 1.48. The SMILES string of the molecule is CN(C)C[C@@H]1OCCN(C(=O)Cc2ccn[nH]2)[C@H]1c1ccccc1. The highest BCUT2D eigenvalue weighted by atomic mass is 16.5. The summed E-state index contributed by atoms with van der Waals surface area (Å²) in [6.45, 7) is 1.94. The summed E-state index contributed by atoms with van der Waals surface area (Å²) in [5.74, 6) is 0.0974. The zero-order valence-electron chi connectivity index (χ0n) is 14.2. The summed E-state index contributed by atoms with van der Waals surface area (Å²) < 4.78 is 6.02. The van der Waals surface area contributed by atoms with Gasteiger partial charge in [-0.25, -0.2) is 0 Å². The second kappa shape index (κ2) is 7.59. The van der Waals surface area contributed by atoms with Crippen molar-refractivity contribution in [3.8, 4) is 0 Å². The molecule has 0 spiro atoms. The number of ether oxygens (including phenoxy) is 1. The first-order valence-electron chi connectivity index (χ1n) is 8.24. The van der Waals surface area contributed by atoms with Crippen LogP contribution in [-0.4, -0.2) is 65.8 Å². The maximum Gasteiger partial charge on any atom is 0.229 e. The number of nitrogens with zero attached hydrogens (tertiary/aromatic N) is 3. The van der Waals surface area contributed by atoms with Gasteiger partial charge in [0.05, 0.1) is 25.2 Å². The molecule has 1 N–H and O–H groups in total. The van der Waals surface area contributed by atoms with Crippen molar-refractivity contribution in [2.45, 2.75) is 18.6 Å². The second-order valence-corrected chi connectivity index (χ2v) is 6.37. The molecule has 2 atom stereocenters. The van der Waals surface area contributed by atoms with E-state index in [1.54, 1.807) is 6.20 Å². The van der Waals surface area contributed by atoms with Crippen molar-refractivity contribution in [3.05, 3.63) is 53.9 Å². The molecule has 6 nitrogen and oxygen atoms in total. The molecule has 0 radical (unpaired) electrons. The van der Waals surface area contributed by atoms with Gasteiger partial charge in [-0.3, -0.25) is 9.89 Å². The van der Waals surface area contributed by atoms with Crippen molar-refractivity contribution in [1.29, 1.82) is 0 Å². The van der Waals surface area contributed by atoms with Crippen LogP contribution in [0.25, 0.3) is 0 Å². The molecule has 1 saturated heterocycles. The van der Waals surface area contributed by atoms with Crippen LogP contribution in [0.1, 0.15) is 17.3 Å². The molecule has 0 bridgehead atoms. The van der Waals surface area contributed by atoms with E-state index in [4.69, 9.17) is 4.74 Å². The molecule has 0 aliphatic carbocycles. The van der Waals surface area contributed by atoms with Crippen molar-refractivity contribution in [3.63, 3.8) is 0 Å². The lowest BCUT2D eigenvalue weighted by Gasteiger charge is -2.42. The number of likely N-dealkylation sites (N-methyl/N-ethyl adjacent to an activating group) is 1. The Kier molecular flexibility index (Phi) is 5.27. The number of hydrogen-bond acceptors (Lipinski definition) is 4. The topological polar surface area (TPSA) is 61.5 Å². The molecule has 24 heavy (non-hydrogen) atoms. The lowest BCUT2D eigenvalue weighted by molar-refractivity contribution is -0.147. The number of rotatable bonds is 5. The van der Waals surface area contributed by atoms with Crippen LogP contribution in [0.5, 0.6) is 0 Å². The molecule has 128 valence electrons. The summed E-state index contributed by atoms with van der Waals surface area (Å²) in [6.07, 6.45) is 1.96. The van der Waals surface area contributed by atoms with Crippen LogP contribution in [0.4, 0.5) is 0 Å². The largest absolute Gasteiger partial charge is 0.373 e. The van der Waals surface area contributed by atoms with Gasteiger partial charge in [-0.05, 0) is 25.7 Å². The molecule has 1 aromatic heterocycles. The standard InChI is InChI=1S/C18H24N4O2/c1-21(2)13-16-18(14-6-4-3-5-7-14)22(10-11-24-16)17(23)12-15-8-9-19-20-15/h3-9,16,18H,10-13H2,1-2H3,(H,19,20)/t16-,18-/m0/s1. The number of carbonyl (C=O) groups excluding carboxylic acids is 1. The quantitative estimate of drug-likeness (QED) is 0.903. The third-order valence-electron chi connectivity index (χ3n) is 4.26. The minimum Gasteiger partial charge on any atom is -0.373 e. The van der Waals surface area contributed by atoms with Crippen LogP contribution in [-0.2, 0) is 16.0 Å². The van der Waals surface area contributed by atoms with Crippen LogP contribution < -0.4 is 0 Å². The lowest BCUT2D eigenvalue weighted by Crippen LogP contribution is -2.51. The van der Waals surface area contributed by atoms with Gasteiger partial charge in [-0.15, -0.1) is 0 Å². The van der Waals surface area contributed by atoms with Gasteiger partial charge in [-0.2, -0.15) is 5.10 Å². The number of nitrogens with one attached hydrogen (secondary N) is 1. The average molecular weight is 328 g/mol. The van der Waals surface area contributed by atoms with Crippen LogP contribution in [0.3, 0.4) is 0 Å². The summed E-state index contributed by atoms with van der Waals surface area (Å²) in [4.78, 5) is 16.9. The second-order valence-electron chi connectivity index (χ2n) is 6.37. The van der Waals surface area contributed by atoms with Crippen LogP contribution in [0, 0.1) is 0 Å². The molecule has 2 aromatic rings. The fourth-order valence-corrected chi connectivity index (χ4v) is 3.22. The van der Waals surface area contributed by atoms with E-state index in [-0.39, 0.29) is 18.1 Å². The van der Waals surface area contributed by atoms with Crippen LogP contribution in [0.2, 0.25) is 0 Å². The molecule has 2 heterocycles. The van der Waals surface area contributed by atoms with E-state index in [0.29, 0.717) is 19.6 Å². The fraction of sp³-hybridized carbons (Fsp3) is 0.444. The Morgan fingerprint density at radius 2 is 2.12 bits per heavy atom. The highest BCUT2D eigenvalue weighted by Gasteiger charge is 2.36. The van der Waals surface area contributed by atoms with Crippen molar-refractivity contribution < 1.29 is 9.53 Å². The first kappa shape index (κ1) is 16.7. The molecule has 1 amide bonds. The van der Waals surface area contributed by atoms with E-state index in [1.165, 1.54) is 0 Å². The summed E-state index contributed by atoms with van der Waals surface area (Å²) >= 11 is 0. The monoisotopic (exact) mass is 328 g/mol. The van der Waals surface area contributed by atoms with E-state index in [2.05, 4.69) is 27.2 Å². The Bertz CT molecular complexity index is 642. The van der Waals surface area contributed by atoms with Crippen molar-refractivity contribution in [2.75, 3.05) is 33.8 Å². The average Bonchev–Trinajstić information content (AvgIpc) is 3.08. The maximum atomic E-state index is 12.9. The first-order valence-corrected chi connectivity index (χ1v) is 8.24. The molecule has 6 heteroatoms. The molecular formula is C18H24N4O2. The van der Waals surface area contributed by atoms with Gasteiger partial charge < -0.3 is 14.5 Å². The highest BCUT2D eigenvalue weighted by Crippen LogP contribution is 2.30. The third-order valence-corrected chi connectivity index (χ3v) is 4.26. The zero-order valence-corrected chi connectivity index (χ0v) is 14.2. The molecule has 0 unspecified atom stereocenters. The molecule has 3 rings (SSSR count). The molecule has 1 aromatic carbocycles. The van der Waals surface area contributed by atoms with Gasteiger partial charge in [0.1, 0.15) is 0 Å². The molecular weight excluding hydrogens is 304 g/mol. The Hall–Kier alpha value is -2.18. The van der Waals surface area contributed by atoms with E-state index in [9.17, 15) is 4.79 Å². The van der Waals surface area contributed by atoms with Crippen LogP contribution in [0.15, 0.2) is 42.6 Å². The van der Waals surface area contributed by atoms with Crippen molar-refractivity contribution >= 4 is 5.91 Å². The van der Waals surface area contributed by atoms with Gasteiger partial charge in [0, 0.05) is 25.0 Å². The number of H-pyrrole nitrogens is 1. The van der Waals surface area contributed by atoms with Crippen molar-refractivity contribution in [2.24, 2.45) is 0 Å². The Morgan fingerprint density at radius 1 is 1.33 bits per heavy atom. The number of morpholine rings is 1. The van der Waals surface area contributed by atoms with E-state index in [0.717, 1.165) is 17.8 Å². The van der Waals surface area contributed by atoms with Crippen LogP contribution >= 0.6 is 0 Å². The minimum absolute atomic E-state index is 0.0399. The number of aromatic nitrogens is 2. The zero-order chi connectivity index (χ0) is 16.9. The number of benzene rings is 1. The van der Waals surface area contributed by atoms with E-state index in [1.807, 2.05) is 43.3 Å². The minimum atomic E-state index is -0.0715. The summed E-state index contributed by atoms with van der Waals surface area (Å²) in [5.41, 5.74) is 1.95. The Morgan fingerprint density at radius 3 is 2.79 bits per heavy atom. The smallest absolute Gasteiger partial charge is 0.229 e. The lowest BCUT2D eigenvalue weighted by atomic mass is 9.97. The predicted molar refractivity (Wildman–Crippen MR) is 91.5 cm³/mol. The van der Waals surface area contributed by atoms with Gasteiger partial charge in [0.2, 0.25) is 5.91 Å². The van der Waals surface area contributed by atoms with Gasteiger partial charge >= 0.3 is 0 Å². The maximum absolute atomic E-state index is 12.9. The van der Waals surface area contributed by atoms with E-state index < -0.39 is 0 Å². The summed E-state index contributed by atoms with van der Waals surface area (Å²) in [7, 11) is 4.05. The fourth-order valence-electron chi connectivity index (χ4n) is 3.22. The van der Waals surface area contributed by atoms with E-state index >= 15 is 0 Å². The third kappa shape index (κ3) is 3.83. The number of amides is 1. The summed E-state index contributed by atoms with van der Waals surface area (Å²) in [5, 5.41) is 6.79. The van der Waals surface area contributed by atoms with Gasteiger partial charge in [-0.1, -0.05) is 30.3 Å². The number of aromatic amines is 1. The van der Waals surface area contributed by atoms with Crippen molar-refractivity contribution in [1.82, 2.24) is 20.0 Å². The number of hydrogen-bond donors (Lipinski definition) is 1. The molecule has 1 fully saturated rings.